The van der Waals surface area contributed by atoms with Crippen molar-refractivity contribution in [3.8, 4) is 0 Å². The van der Waals surface area contributed by atoms with Gasteiger partial charge in [0, 0.05) is 19.5 Å². The Labute approximate surface area is 221 Å². The fraction of sp³-hybridized carbons (Fsp3) is 0.250. The van der Waals surface area contributed by atoms with Gasteiger partial charge in [-0.05, 0) is 41.8 Å². The first-order valence-corrected chi connectivity index (χ1v) is 13.7. The van der Waals surface area contributed by atoms with Gasteiger partial charge in [0.15, 0.2) is 0 Å². The lowest BCUT2D eigenvalue weighted by Gasteiger charge is -2.32. The molecule has 0 saturated heterocycles. The number of sulfonamides is 1. The van der Waals surface area contributed by atoms with Gasteiger partial charge < -0.3 is 10.2 Å². The zero-order valence-corrected chi connectivity index (χ0v) is 21.7. The molecule has 0 unspecified atom stereocenters. The second-order valence-electron chi connectivity index (χ2n) is 8.96. The minimum Gasteiger partial charge on any atom is -0.354 e. The van der Waals surface area contributed by atoms with Crippen molar-refractivity contribution in [1.29, 1.82) is 0 Å². The van der Waals surface area contributed by atoms with Gasteiger partial charge in [-0.25, -0.2) is 17.1 Å². The van der Waals surface area contributed by atoms with Gasteiger partial charge in [-0.2, -0.15) is 0 Å². The van der Waals surface area contributed by atoms with Gasteiger partial charge in [-0.1, -0.05) is 61.5 Å². The molecule has 1 aliphatic rings. The van der Waals surface area contributed by atoms with Crippen LogP contribution in [0.3, 0.4) is 0 Å². The largest absolute Gasteiger partial charge is 0.354 e. The van der Waals surface area contributed by atoms with Crippen LogP contribution in [0, 0.1) is 5.82 Å². The average Bonchev–Trinajstić information content (AvgIpc) is 3.11. The Morgan fingerprint density at radius 3 is 2.26 bits per heavy atom. The molecule has 0 spiro atoms. The molecule has 1 atom stereocenters. The number of carbonyl (C=O) groups is 3. The summed E-state index contributed by atoms with van der Waals surface area (Å²) in [6, 6.07) is 19.3. The molecule has 0 saturated carbocycles. The third-order valence-corrected chi connectivity index (χ3v) is 8.06. The molecule has 8 nitrogen and oxygen atoms in total. The Morgan fingerprint density at radius 2 is 1.61 bits per heavy atom. The highest BCUT2D eigenvalue weighted by atomic mass is 32.2. The van der Waals surface area contributed by atoms with Gasteiger partial charge in [-0.3, -0.25) is 14.4 Å². The number of fused-ring (bicyclic) bond motifs is 1. The van der Waals surface area contributed by atoms with Crippen LogP contribution in [0.1, 0.15) is 34.8 Å². The summed E-state index contributed by atoms with van der Waals surface area (Å²) in [6.07, 6.45) is 0.832. The monoisotopic (exact) mass is 537 g/mol. The van der Waals surface area contributed by atoms with Crippen LogP contribution in [0.15, 0.2) is 83.8 Å². The number of rotatable bonds is 10. The molecule has 38 heavy (non-hydrogen) atoms. The zero-order valence-electron chi connectivity index (χ0n) is 20.8. The van der Waals surface area contributed by atoms with Gasteiger partial charge in [0.1, 0.15) is 23.3 Å². The van der Waals surface area contributed by atoms with E-state index in [9.17, 15) is 27.2 Å². The summed E-state index contributed by atoms with van der Waals surface area (Å²) in [5.41, 5.74) is 1.32. The summed E-state index contributed by atoms with van der Waals surface area (Å²) in [7, 11) is -4.24. The molecule has 3 amide bonds. The summed E-state index contributed by atoms with van der Waals surface area (Å²) < 4.78 is 40.3. The van der Waals surface area contributed by atoms with E-state index in [-0.39, 0.29) is 23.4 Å². The SMILES string of the molecule is CCCNC(=O)[C@@H](Cc1ccccc1)N(Cc1ccc(F)cc1)C(=O)CN1C(=O)c2ccccc2S1(=O)=O. The Bertz CT molecular complexity index is 1430. The third-order valence-electron chi connectivity index (χ3n) is 6.28. The first-order chi connectivity index (χ1) is 18.2. The maximum absolute atomic E-state index is 13.8. The Kier molecular flexibility index (Phi) is 8.21. The maximum Gasteiger partial charge on any atom is 0.269 e. The van der Waals surface area contributed by atoms with Gasteiger partial charge in [0.05, 0.1) is 5.56 Å². The third kappa shape index (κ3) is 5.75. The van der Waals surface area contributed by atoms with E-state index >= 15 is 0 Å². The number of carbonyl (C=O) groups excluding carboxylic acids is 3. The summed E-state index contributed by atoms with van der Waals surface area (Å²) in [5, 5.41) is 2.82. The second kappa shape index (κ2) is 11.6. The lowest BCUT2D eigenvalue weighted by atomic mass is 10.0. The summed E-state index contributed by atoms with van der Waals surface area (Å²) in [5.74, 6) is -2.40. The molecule has 3 aromatic carbocycles. The van der Waals surface area contributed by atoms with E-state index in [1.807, 2.05) is 37.3 Å². The lowest BCUT2D eigenvalue weighted by molar-refractivity contribution is -0.141. The van der Waals surface area contributed by atoms with Gasteiger partial charge in [-0.15, -0.1) is 0 Å². The molecule has 1 N–H and O–H groups in total. The standard InChI is InChI=1S/C28H28FN3O5S/c1-2-16-30-27(34)24(17-20-8-4-3-5-9-20)31(18-21-12-14-22(29)15-13-21)26(33)19-32-28(35)23-10-6-7-11-25(23)38(32,36)37/h3-15,24H,2,16-19H2,1H3,(H,30,34)/t24-/m1/s1. The molecule has 4 rings (SSSR count). The second-order valence-corrected chi connectivity index (χ2v) is 10.8. The van der Waals surface area contributed by atoms with E-state index in [0.29, 0.717) is 22.8 Å². The van der Waals surface area contributed by atoms with Crippen LogP contribution in [-0.2, 0) is 32.6 Å². The van der Waals surface area contributed by atoms with E-state index in [2.05, 4.69) is 5.32 Å². The Hall–Kier alpha value is -4.05. The summed E-state index contributed by atoms with van der Waals surface area (Å²) in [6.45, 7) is 1.42. The van der Waals surface area contributed by atoms with E-state index in [1.54, 1.807) is 6.07 Å². The number of nitrogens with zero attached hydrogens (tertiary/aromatic N) is 2. The Morgan fingerprint density at radius 1 is 0.947 bits per heavy atom. The molecule has 0 fully saturated rings. The number of hydrogen-bond donors (Lipinski definition) is 1. The van der Waals surface area contributed by atoms with Crippen molar-refractivity contribution in [2.75, 3.05) is 13.1 Å². The highest BCUT2D eigenvalue weighted by Gasteiger charge is 2.43. The first kappa shape index (κ1) is 27.0. The van der Waals surface area contributed by atoms with Crippen molar-refractivity contribution in [3.63, 3.8) is 0 Å². The van der Waals surface area contributed by atoms with Crippen molar-refractivity contribution in [3.05, 3.63) is 101 Å². The smallest absolute Gasteiger partial charge is 0.269 e. The normalized spacial score (nSPS) is 14.6. The number of halogens is 1. The predicted octanol–water partition coefficient (Wildman–Crippen LogP) is 3.14. The van der Waals surface area contributed by atoms with Gasteiger partial charge >= 0.3 is 0 Å². The zero-order chi connectivity index (χ0) is 27.3. The summed E-state index contributed by atoms with van der Waals surface area (Å²) in [4.78, 5) is 41.2. The van der Waals surface area contributed by atoms with Crippen molar-refractivity contribution in [2.45, 2.75) is 37.2 Å². The highest BCUT2D eigenvalue weighted by Crippen LogP contribution is 2.30. The van der Waals surface area contributed by atoms with E-state index in [4.69, 9.17) is 0 Å². The quantitative estimate of drug-likeness (QED) is 0.428. The predicted molar refractivity (Wildman–Crippen MR) is 139 cm³/mol. The van der Waals surface area contributed by atoms with Crippen molar-refractivity contribution in [1.82, 2.24) is 14.5 Å². The first-order valence-electron chi connectivity index (χ1n) is 12.2. The van der Waals surface area contributed by atoms with Crippen LogP contribution in [0.4, 0.5) is 4.39 Å². The highest BCUT2D eigenvalue weighted by molar-refractivity contribution is 7.90. The van der Waals surface area contributed by atoms with Crippen molar-refractivity contribution >= 4 is 27.7 Å². The molecule has 3 aromatic rings. The van der Waals surface area contributed by atoms with Crippen LogP contribution in [0.5, 0.6) is 0 Å². The molecule has 198 valence electrons. The molecule has 0 bridgehead atoms. The summed E-state index contributed by atoms with van der Waals surface area (Å²) >= 11 is 0. The average molecular weight is 538 g/mol. The number of nitrogens with one attached hydrogen (secondary N) is 1. The maximum atomic E-state index is 13.8. The molecule has 0 radical (unpaired) electrons. The van der Waals surface area contributed by atoms with Crippen molar-refractivity contribution in [2.24, 2.45) is 0 Å². The lowest BCUT2D eigenvalue weighted by Crippen LogP contribution is -2.53. The van der Waals surface area contributed by atoms with Crippen LogP contribution in [0.2, 0.25) is 0 Å². The minimum absolute atomic E-state index is 0.00749. The number of hydrogen-bond acceptors (Lipinski definition) is 5. The van der Waals surface area contributed by atoms with E-state index in [0.717, 1.165) is 5.56 Å². The van der Waals surface area contributed by atoms with E-state index in [1.165, 1.54) is 47.4 Å². The van der Waals surface area contributed by atoms with E-state index < -0.39 is 46.1 Å². The molecule has 1 heterocycles. The molecule has 0 aromatic heterocycles. The van der Waals surface area contributed by atoms with Crippen LogP contribution >= 0.6 is 0 Å². The number of benzene rings is 3. The van der Waals surface area contributed by atoms with Crippen LogP contribution in [0.25, 0.3) is 0 Å². The molecule has 0 aliphatic carbocycles. The molecular weight excluding hydrogens is 509 g/mol. The fourth-order valence-corrected chi connectivity index (χ4v) is 5.83. The topological polar surface area (TPSA) is 104 Å². The molecule has 1 aliphatic heterocycles. The number of amides is 3. The van der Waals surface area contributed by atoms with Gasteiger partial charge in [0.25, 0.3) is 15.9 Å². The van der Waals surface area contributed by atoms with Gasteiger partial charge in [0.2, 0.25) is 11.8 Å². The molecular formula is C28H28FN3O5S. The molecule has 10 heteroatoms. The van der Waals surface area contributed by atoms with Crippen LogP contribution < -0.4 is 5.32 Å². The Balaban J connectivity index is 1.70. The fourth-order valence-electron chi connectivity index (χ4n) is 4.31. The minimum atomic E-state index is -4.24. The van der Waals surface area contributed by atoms with Crippen LogP contribution in [-0.4, -0.2) is 54.5 Å². The van der Waals surface area contributed by atoms with Crippen molar-refractivity contribution < 1.29 is 27.2 Å².